The number of piperazine rings is 1. The van der Waals surface area contributed by atoms with Crippen molar-refractivity contribution in [1.29, 1.82) is 0 Å². The van der Waals surface area contributed by atoms with Crippen LogP contribution in [0.25, 0.3) is 10.8 Å². The molecule has 0 unspecified atom stereocenters. The third kappa shape index (κ3) is 5.87. The lowest BCUT2D eigenvalue weighted by Gasteiger charge is -2.43. The van der Waals surface area contributed by atoms with Gasteiger partial charge < -0.3 is 24.2 Å². The molecule has 2 aromatic carbocycles. The molecule has 1 amide bonds. The zero-order chi connectivity index (χ0) is 31.5. The number of rotatable bonds is 5. The number of halogens is 2. The largest absolute Gasteiger partial charge is 0.462 e. The van der Waals surface area contributed by atoms with Gasteiger partial charge in [0.1, 0.15) is 23.8 Å². The summed E-state index contributed by atoms with van der Waals surface area (Å²) in [5.74, 6) is 0.475. The highest BCUT2D eigenvalue weighted by Crippen LogP contribution is 2.40. The van der Waals surface area contributed by atoms with Crippen molar-refractivity contribution in [2.24, 2.45) is 0 Å². The van der Waals surface area contributed by atoms with E-state index >= 15 is 0 Å². The summed E-state index contributed by atoms with van der Waals surface area (Å²) in [7, 11) is 2.14. The molecule has 0 aliphatic carbocycles. The minimum Gasteiger partial charge on any atom is -0.462 e. The molecule has 0 radical (unpaired) electrons. The molecule has 4 aliphatic heterocycles. The monoisotopic (exact) mass is 636 g/mol. The molecule has 7 rings (SSSR count). The Morgan fingerprint density at radius 2 is 1.82 bits per heavy atom. The lowest BCUT2D eigenvalue weighted by molar-refractivity contribution is 0.0122. The minimum atomic E-state index is -0.537. The van der Waals surface area contributed by atoms with Crippen molar-refractivity contribution in [2.75, 3.05) is 49.6 Å². The first-order valence-corrected chi connectivity index (χ1v) is 16.5. The van der Waals surface area contributed by atoms with Gasteiger partial charge in [0.15, 0.2) is 0 Å². The molecule has 0 spiro atoms. The zero-order valence-corrected chi connectivity index (χ0v) is 27.3. The first-order valence-electron chi connectivity index (χ1n) is 16.2. The molecule has 11 heteroatoms. The summed E-state index contributed by atoms with van der Waals surface area (Å²) in [5.41, 5.74) is 2.37. The summed E-state index contributed by atoms with van der Waals surface area (Å²) < 4.78 is 26.7. The van der Waals surface area contributed by atoms with Crippen molar-refractivity contribution in [1.82, 2.24) is 19.8 Å². The number of nitrogens with zero attached hydrogens (tertiary/aromatic N) is 6. The number of hydrogen-bond acceptors (Lipinski definition) is 8. The van der Waals surface area contributed by atoms with Crippen molar-refractivity contribution < 1.29 is 18.7 Å². The second kappa shape index (κ2) is 11.8. The van der Waals surface area contributed by atoms with Crippen LogP contribution in [0.4, 0.5) is 20.7 Å². The van der Waals surface area contributed by atoms with Gasteiger partial charge in [0.2, 0.25) is 0 Å². The normalized spacial score (nSPS) is 23.5. The highest BCUT2D eigenvalue weighted by atomic mass is 35.5. The van der Waals surface area contributed by atoms with Crippen LogP contribution in [-0.2, 0) is 17.7 Å². The molecule has 3 aromatic rings. The number of aromatic nitrogens is 2. The maximum Gasteiger partial charge on any atom is 0.410 e. The predicted molar refractivity (Wildman–Crippen MR) is 174 cm³/mol. The summed E-state index contributed by atoms with van der Waals surface area (Å²) in [5, 5.41) is 1.75. The fourth-order valence-corrected chi connectivity index (χ4v) is 7.79. The van der Waals surface area contributed by atoms with E-state index in [9.17, 15) is 9.18 Å². The van der Waals surface area contributed by atoms with E-state index in [-0.39, 0.29) is 23.2 Å². The number of hydrogen-bond donors (Lipinski definition) is 0. The number of anilines is 2. The van der Waals surface area contributed by atoms with Crippen LogP contribution >= 0.6 is 11.6 Å². The molecule has 0 N–H and O–H groups in total. The van der Waals surface area contributed by atoms with E-state index in [4.69, 9.17) is 31.0 Å². The van der Waals surface area contributed by atoms with Crippen molar-refractivity contribution in [3.63, 3.8) is 0 Å². The smallest absolute Gasteiger partial charge is 0.410 e. The fourth-order valence-electron chi connectivity index (χ4n) is 7.52. The van der Waals surface area contributed by atoms with Crippen LogP contribution in [0.3, 0.4) is 0 Å². The second-order valence-electron chi connectivity index (χ2n) is 13.9. The molecule has 9 nitrogen and oxygen atoms in total. The molecule has 3 fully saturated rings. The quantitative estimate of drug-likeness (QED) is 0.335. The Hall–Kier alpha value is -3.37. The molecule has 45 heavy (non-hydrogen) atoms. The summed E-state index contributed by atoms with van der Waals surface area (Å²) >= 11 is 6.53. The molecule has 5 heterocycles. The van der Waals surface area contributed by atoms with Crippen LogP contribution in [0.2, 0.25) is 5.02 Å². The first-order chi connectivity index (χ1) is 21.6. The molecule has 0 saturated carbocycles. The predicted octanol–water partition coefficient (Wildman–Crippen LogP) is 6.05. The average molecular weight is 637 g/mol. The number of amides is 1. The topological polar surface area (TPSA) is 74.3 Å². The van der Waals surface area contributed by atoms with Crippen molar-refractivity contribution in [2.45, 2.75) is 83.1 Å². The fraction of sp³-hybridized carbons (Fsp3) is 0.559. The molecule has 1 aromatic heterocycles. The minimum absolute atomic E-state index is 0.0635. The van der Waals surface area contributed by atoms with Crippen LogP contribution in [0.15, 0.2) is 30.3 Å². The molecule has 2 bridgehead atoms. The van der Waals surface area contributed by atoms with Crippen LogP contribution in [-0.4, -0.2) is 89.4 Å². The van der Waals surface area contributed by atoms with Gasteiger partial charge in [-0.25, -0.2) is 9.18 Å². The molecule has 4 aliphatic rings. The van der Waals surface area contributed by atoms with Gasteiger partial charge in [-0.1, -0.05) is 29.8 Å². The Bertz CT molecular complexity index is 1600. The maximum atomic E-state index is 14.6. The molecular weight excluding hydrogens is 595 g/mol. The lowest BCUT2D eigenvalue weighted by atomic mass is 10.0. The van der Waals surface area contributed by atoms with Crippen molar-refractivity contribution in [3.05, 3.63) is 52.4 Å². The van der Waals surface area contributed by atoms with Gasteiger partial charge >= 0.3 is 12.1 Å². The van der Waals surface area contributed by atoms with Crippen LogP contribution in [0.5, 0.6) is 6.01 Å². The highest BCUT2D eigenvalue weighted by molar-refractivity contribution is 6.36. The zero-order valence-electron chi connectivity index (χ0n) is 26.6. The first kappa shape index (κ1) is 30.3. The number of likely N-dealkylation sites (tertiary alicyclic amines) is 1. The van der Waals surface area contributed by atoms with Gasteiger partial charge in [0.05, 0.1) is 29.3 Å². The van der Waals surface area contributed by atoms with Crippen molar-refractivity contribution in [3.8, 4) is 6.01 Å². The van der Waals surface area contributed by atoms with Gasteiger partial charge in [-0.15, -0.1) is 0 Å². The van der Waals surface area contributed by atoms with E-state index < -0.39 is 11.4 Å². The number of benzene rings is 2. The van der Waals surface area contributed by atoms with Gasteiger partial charge in [-0.3, -0.25) is 4.90 Å². The Morgan fingerprint density at radius 3 is 2.53 bits per heavy atom. The van der Waals surface area contributed by atoms with Gasteiger partial charge in [0.25, 0.3) is 0 Å². The van der Waals surface area contributed by atoms with E-state index in [1.54, 1.807) is 6.07 Å². The van der Waals surface area contributed by atoms with E-state index in [0.29, 0.717) is 50.2 Å². The van der Waals surface area contributed by atoms with Gasteiger partial charge in [-0.2, -0.15) is 9.97 Å². The Labute approximate surface area is 269 Å². The van der Waals surface area contributed by atoms with Crippen molar-refractivity contribution >= 4 is 40.0 Å². The molecule has 240 valence electrons. The van der Waals surface area contributed by atoms with Crippen LogP contribution < -0.4 is 14.5 Å². The molecule has 3 atom stereocenters. The van der Waals surface area contributed by atoms with E-state index in [1.165, 1.54) is 6.07 Å². The number of carbonyl (C=O) groups excluding carboxylic acids is 1. The van der Waals surface area contributed by atoms with Crippen LogP contribution in [0, 0.1) is 5.82 Å². The summed E-state index contributed by atoms with van der Waals surface area (Å²) in [6.07, 6.45) is 4.63. The second-order valence-corrected chi connectivity index (χ2v) is 14.3. The summed E-state index contributed by atoms with van der Waals surface area (Å²) in [6, 6.07) is 9.98. The van der Waals surface area contributed by atoms with Gasteiger partial charge in [0, 0.05) is 42.3 Å². The van der Waals surface area contributed by atoms with Crippen LogP contribution in [0.1, 0.15) is 57.7 Å². The third-order valence-corrected chi connectivity index (χ3v) is 10.1. The highest BCUT2D eigenvalue weighted by Gasteiger charge is 2.45. The number of fused-ring (bicyclic) bond motifs is 4. The Kier molecular flexibility index (Phi) is 7.92. The Morgan fingerprint density at radius 1 is 1.04 bits per heavy atom. The van der Waals surface area contributed by atoms with Gasteiger partial charge in [-0.05, 0) is 84.0 Å². The number of ether oxygens (including phenoxy) is 2. The van der Waals surface area contributed by atoms with E-state index in [1.807, 2.05) is 43.9 Å². The number of carbonyl (C=O) groups is 1. The van der Waals surface area contributed by atoms with E-state index in [0.717, 1.165) is 66.8 Å². The Balaban J connectivity index is 1.20. The molecule has 3 saturated heterocycles. The maximum absolute atomic E-state index is 14.6. The van der Waals surface area contributed by atoms with E-state index in [2.05, 4.69) is 21.7 Å². The number of likely N-dealkylation sites (N-methyl/N-ethyl adjacent to an activating group) is 1. The third-order valence-electron chi connectivity index (χ3n) is 9.74. The lowest BCUT2D eigenvalue weighted by Crippen LogP contribution is -2.57. The molecular formula is C34H42ClFN6O3. The SMILES string of the molecule is CN1CCC[C@H]1COc1nc2c(c(N3C[C@H]4CC[C@@H](C3)N4C(=O)OC(C)(C)C)n1)CCN(c1cccc3ccc(F)c(Cl)c13)C2. The standard InChI is InChI=1S/C34H42ClFN6O3/c1-34(2,3)45-33(43)42-22-11-12-23(42)18-41(17-22)31-25-14-16-40(28-9-5-7-21-10-13-26(36)30(35)29(21)28)19-27(25)37-32(38-31)44-20-24-8-6-15-39(24)4/h5,7,9-10,13,22-24H,6,8,11-12,14-20H2,1-4H3/t22-,23+,24-/m0/s1. The summed E-state index contributed by atoms with van der Waals surface area (Å²) in [6.45, 7) is 9.95. The average Bonchev–Trinajstić information content (AvgIpc) is 3.54. The summed E-state index contributed by atoms with van der Waals surface area (Å²) in [4.78, 5) is 32.0.